The van der Waals surface area contributed by atoms with Crippen molar-refractivity contribution in [1.82, 2.24) is 0 Å². The first-order chi connectivity index (χ1) is 11.3. The third-order valence-corrected chi connectivity index (χ3v) is 4.89. The standard InChI is InChI=1S/C22H13Cl/c23-16-10-11-17-15(12-16)13-20-18-8-4-5-9-19(18)21(22(17)20)14-6-2-1-3-7-14/h1-13H. The molecule has 3 aromatic rings. The molecule has 0 fully saturated rings. The second-order valence-electron chi connectivity index (χ2n) is 5.95. The van der Waals surface area contributed by atoms with Gasteiger partial charge in [-0.3, -0.25) is 0 Å². The van der Waals surface area contributed by atoms with Gasteiger partial charge in [0.1, 0.15) is 0 Å². The van der Waals surface area contributed by atoms with Crippen molar-refractivity contribution in [3.05, 3.63) is 106 Å². The lowest BCUT2D eigenvalue weighted by Crippen LogP contribution is -1.89. The first-order valence-electron chi connectivity index (χ1n) is 7.74. The molecule has 108 valence electrons. The minimum Gasteiger partial charge on any atom is -0.0843 e. The van der Waals surface area contributed by atoms with Crippen molar-refractivity contribution in [3.63, 3.8) is 0 Å². The number of hydrogen-bond donors (Lipinski definition) is 0. The Labute approximate surface area is 140 Å². The fourth-order valence-electron chi connectivity index (χ4n) is 3.71. The minimum absolute atomic E-state index is 0.788. The van der Waals surface area contributed by atoms with Gasteiger partial charge in [-0.05, 0) is 62.7 Å². The molecule has 0 aliphatic heterocycles. The average Bonchev–Trinajstić information content (AvgIpc) is 3.09. The maximum atomic E-state index is 6.19. The SMILES string of the molecule is Clc1ccc2c(c1)C=C1C2=C(c2ccccc2)c2ccccc21. The summed E-state index contributed by atoms with van der Waals surface area (Å²) < 4.78 is 0. The van der Waals surface area contributed by atoms with E-state index in [1.807, 2.05) is 6.07 Å². The Kier molecular flexibility index (Phi) is 2.65. The zero-order valence-corrected chi connectivity index (χ0v) is 13.1. The van der Waals surface area contributed by atoms with Crippen molar-refractivity contribution in [3.8, 4) is 0 Å². The summed E-state index contributed by atoms with van der Waals surface area (Å²) in [6, 6.07) is 25.5. The average molecular weight is 313 g/mol. The van der Waals surface area contributed by atoms with Crippen LogP contribution in [0.5, 0.6) is 0 Å². The fraction of sp³-hybridized carbons (Fsp3) is 0. The van der Waals surface area contributed by atoms with Gasteiger partial charge >= 0.3 is 0 Å². The van der Waals surface area contributed by atoms with Crippen molar-refractivity contribution in [1.29, 1.82) is 0 Å². The molecule has 0 saturated carbocycles. The summed E-state index contributed by atoms with van der Waals surface area (Å²) in [6.07, 6.45) is 2.27. The third-order valence-electron chi connectivity index (χ3n) is 4.65. The molecule has 2 aliphatic carbocycles. The molecule has 1 heteroatoms. The van der Waals surface area contributed by atoms with Crippen LogP contribution in [0.1, 0.15) is 27.8 Å². The van der Waals surface area contributed by atoms with Gasteiger partial charge in [0.05, 0.1) is 0 Å². The molecular weight excluding hydrogens is 300 g/mol. The van der Waals surface area contributed by atoms with Crippen LogP contribution in [0.3, 0.4) is 0 Å². The van der Waals surface area contributed by atoms with E-state index in [4.69, 9.17) is 11.6 Å². The van der Waals surface area contributed by atoms with Crippen LogP contribution in [-0.2, 0) is 0 Å². The number of hydrogen-bond acceptors (Lipinski definition) is 0. The fourth-order valence-corrected chi connectivity index (χ4v) is 3.89. The quantitative estimate of drug-likeness (QED) is 0.504. The summed E-state index contributed by atoms with van der Waals surface area (Å²) in [5, 5.41) is 0.788. The summed E-state index contributed by atoms with van der Waals surface area (Å²) in [5.41, 5.74) is 10.4. The molecule has 0 bridgehead atoms. The van der Waals surface area contributed by atoms with E-state index in [1.165, 1.54) is 44.5 Å². The van der Waals surface area contributed by atoms with Crippen molar-refractivity contribution in [2.24, 2.45) is 0 Å². The van der Waals surface area contributed by atoms with E-state index in [1.54, 1.807) is 0 Å². The van der Waals surface area contributed by atoms with E-state index >= 15 is 0 Å². The highest BCUT2D eigenvalue weighted by Gasteiger charge is 2.32. The summed E-state index contributed by atoms with van der Waals surface area (Å²) in [7, 11) is 0. The topological polar surface area (TPSA) is 0 Å². The van der Waals surface area contributed by atoms with E-state index in [0.717, 1.165) is 5.02 Å². The number of fused-ring (bicyclic) bond motifs is 5. The molecule has 0 spiro atoms. The molecule has 0 atom stereocenters. The molecule has 0 amide bonds. The Morgan fingerprint density at radius 2 is 1.35 bits per heavy atom. The summed E-state index contributed by atoms with van der Waals surface area (Å²) in [6.45, 7) is 0. The van der Waals surface area contributed by atoms with Crippen molar-refractivity contribution < 1.29 is 0 Å². The van der Waals surface area contributed by atoms with E-state index in [0.29, 0.717) is 0 Å². The predicted octanol–water partition coefficient (Wildman–Crippen LogP) is 6.17. The monoisotopic (exact) mass is 312 g/mol. The summed E-state index contributed by atoms with van der Waals surface area (Å²) in [5.74, 6) is 0. The lowest BCUT2D eigenvalue weighted by atomic mass is 9.94. The normalized spacial score (nSPS) is 14.4. The molecule has 0 heterocycles. The Hall–Kier alpha value is -2.57. The summed E-state index contributed by atoms with van der Waals surface area (Å²) >= 11 is 6.19. The molecule has 0 radical (unpaired) electrons. The van der Waals surface area contributed by atoms with E-state index in [2.05, 4.69) is 72.8 Å². The van der Waals surface area contributed by atoms with Gasteiger partial charge in [0, 0.05) is 5.02 Å². The highest BCUT2D eigenvalue weighted by Crippen LogP contribution is 2.54. The molecule has 0 nitrogen and oxygen atoms in total. The van der Waals surface area contributed by atoms with Gasteiger partial charge in [0.2, 0.25) is 0 Å². The van der Waals surface area contributed by atoms with Gasteiger partial charge in [0.15, 0.2) is 0 Å². The van der Waals surface area contributed by atoms with Crippen LogP contribution in [0, 0.1) is 0 Å². The lowest BCUT2D eigenvalue weighted by molar-refractivity contribution is 1.54. The zero-order valence-electron chi connectivity index (χ0n) is 12.4. The molecule has 2 aliphatic rings. The van der Waals surface area contributed by atoms with Crippen LogP contribution >= 0.6 is 11.6 Å². The lowest BCUT2D eigenvalue weighted by Gasteiger charge is -2.09. The number of allylic oxidation sites excluding steroid dienone is 2. The highest BCUT2D eigenvalue weighted by atomic mass is 35.5. The van der Waals surface area contributed by atoms with Gasteiger partial charge < -0.3 is 0 Å². The first-order valence-corrected chi connectivity index (χ1v) is 8.12. The van der Waals surface area contributed by atoms with Gasteiger partial charge in [-0.25, -0.2) is 0 Å². The van der Waals surface area contributed by atoms with Gasteiger partial charge in [-0.1, -0.05) is 72.3 Å². The number of rotatable bonds is 1. The predicted molar refractivity (Wildman–Crippen MR) is 98.1 cm³/mol. The van der Waals surface area contributed by atoms with E-state index < -0.39 is 0 Å². The van der Waals surface area contributed by atoms with E-state index in [9.17, 15) is 0 Å². The van der Waals surface area contributed by atoms with Crippen LogP contribution < -0.4 is 0 Å². The molecule has 0 aromatic heterocycles. The Morgan fingerprint density at radius 1 is 0.609 bits per heavy atom. The highest BCUT2D eigenvalue weighted by molar-refractivity contribution is 6.33. The third kappa shape index (κ3) is 1.79. The van der Waals surface area contributed by atoms with Crippen LogP contribution in [0.25, 0.3) is 22.8 Å². The number of halogens is 1. The Bertz CT molecular complexity index is 1010. The molecule has 0 unspecified atom stereocenters. The number of benzene rings is 3. The molecule has 0 saturated heterocycles. The summed E-state index contributed by atoms with van der Waals surface area (Å²) in [4.78, 5) is 0. The Morgan fingerprint density at radius 3 is 2.17 bits per heavy atom. The van der Waals surface area contributed by atoms with Gasteiger partial charge in [-0.2, -0.15) is 0 Å². The molecular formula is C22H13Cl. The maximum Gasteiger partial charge on any atom is 0.0412 e. The molecule has 0 N–H and O–H groups in total. The smallest absolute Gasteiger partial charge is 0.0412 e. The Balaban J connectivity index is 1.88. The van der Waals surface area contributed by atoms with Gasteiger partial charge in [0.25, 0.3) is 0 Å². The van der Waals surface area contributed by atoms with E-state index in [-0.39, 0.29) is 0 Å². The minimum atomic E-state index is 0.788. The first kappa shape index (κ1) is 12.9. The zero-order chi connectivity index (χ0) is 15.4. The van der Waals surface area contributed by atoms with Gasteiger partial charge in [-0.15, -0.1) is 0 Å². The molecule has 23 heavy (non-hydrogen) atoms. The largest absolute Gasteiger partial charge is 0.0843 e. The van der Waals surface area contributed by atoms with Crippen LogP contribution in [0.15, 0.2) is 72.8 Å². The van der Waals surface area contributed by atoms with Crippen molar-refractivity contribution >= 4 is 34.4 Å². The van der Waals surface area contributed by atoms with Crippen LogP contribution in [0.4, 0.5) is 0 Å². The van der Waals surface area contributed by atoms with Crippen molar-refractivity contribution in [2.75, 3.05) is 0 Å². The second kappa shape index (κ2) is 4.71. The second-order valence-corrected chi connectivity index (χ2v) is 6.39. The van der Waals surface area contributed by atoms with Crippen LogP contribution in [0.2, 0.25) is 5.02 Å². The molecule has 3 aromatic carbocycles. The maximum absolute atomic E-state index is 6.19. The van der Waals surface area contributed by atoms with Crippen LogP contribution in [-0.4, -0.2) is 0 Å². The van der Waals surface area contributed by atoms with Crippen molar-refractivity contribution in [2.45, 2.75) is 0 Å². The molecule has 5 rings (SSSR count).